The van der Waals surface area contributed by atoms with Gasteiger partial charge in [0.15, 0.2) is 11.9 Å². The van der Waals surface area contributed by atoms with Gasteiger partial charge in [0, 0.05) is 30.0 Å². The van der Waals surface area contributed by atoms with Crippen LogP contribution in [0.4, 0.5) is 4.39 Å². The normalized spacial score (nSPS) is 12.6. The van der Waals surface area contributed by atoms with E-state index in [4.69, 9.17) is 16.3 Å². The Morgan fingerprint density at radius 1 is 1.17 bits per heavy atom. The first-order chi connectivity index (χ1) is 16.7. The van der Waals surface area contributed by atoms with Crippen LogP contribution in [0.2, 0.25) is 5.02 Å². The van der Waals surface area contributed by atoms with Crippen LogP contribution < -0.4 is 5.32 Å². The molecule has 10 heteroatoms. The van der Waals surface area contributed by atoms with Crippen LogP contribution in [0, 0.1) is 5.82 Å². The van der Waals surface area contributed by atoms with Crippen LogP contribution in [0.15, 0.2) is 48.5 Å². The van der Waals surface area contributed by atoms with Crippen molar-refractivity contribution in [2.24, 2.45) is 0 Å². The highest BCUT2D eigenvalue weighted by molar-refractivity contribution is 6.30. The fourth-order valence-electron chi connectivity index (χ4n) is 3.50. The number of amides is 1. The summed E-state index contributed by atoms with van der Waals surface area (Å²) in [4.78, 5) is 36.1. The molecular weight excluding hydrogens is 477 g/mol. The summed E-state index contributed by atoms with van der Waals surface area (Å²) in [6.45, 7) is 3.06. The molecular formula is C25H25ClFN3O5. The number of esters is 1. The highest BCUT2D eigenvalue weighted by Crippen LogP contribution is 2.26. The van der Waals surface area contributed by atoms with E-state index in [-0.39, 0.29) is 36.6 Å². The lowest BCUT2D eigenvalue weighted by Gasteiger charge is -2.21. The summed E-state index contributed by atoms with van der Waals surface area (Å²) in [5.41, 5.74) is 1.92. The van der Waals surface area contributed by atoms with Crippen molar-refractivity contribution in [1.29, 1.82) is 0 Å². The quantitative estimate of drug-likeness (QED) is 0.287. The zero-order chi connectivity index (χ0) is 25.5. The number of halogens is 2. The third kappa shape index (κ3) is 6.97. The summed E-state index contributed by atoms with van der Waals surface area (Å²) < 4.78 is 19.1. The molecule has 2 aromatic carbocycles. The van der Waals surface area contributed by atoms with Crippen molar-refractivity contribution in [2.45, 2.75) is 38.8 Å². The molecule has 184 valence electrons. The lowest BCUT2D eigenvalue weighted by Crippen LogP contribution is -2.41. The SMILES string of the molecule is CCOC(=O)C(O)CC(Cc1ccc(-c2cc(Cl)ccc2F)cc1)NC(=O)c1cc(C(C)=O)n[nH]1. The summed E-state index contributed by atoms with van der Waals surface area (Å²) >= 11 is 5.99. The van der Waals surface area contributed by atoms with Gasteiger partial charge in [-0.15, -0.1) is 0 Å². The summed E-state index contributed by atoms with van der Waals surface area (Å²) in [5.74, 6) is -2.05. The Labute approximate surface area is 206 Å². The molecule has 0 radical (unpaired) electrons. The first kappa shape index (κ1) is 26.1. The zero-order valence-electron chi connectivity index (χ0n) is 19.2. The lowest BCUT2D eigenvalue weighted by molar-refractivity contribution is -0.153. The fourth-order valence-corrected chi connectivity index (χ4v) is 3.67. The van der Waals surface area contributed by atoms with Gasteiger partial charge in [-0.3, -0.25) is 14.7 Å². The molecule has 2 unspecified atom stereocenters. The topological polar surface area (TPSA) is 121 Å². The number of hydrogen-bond acceptors (Lipinski definition) is 6. The Balaban J connectivity index is 1.78. The van der Waals surface area contributed by atoms with Crippen LogP contribution in [0.1, 0.15) is 46.8 Å². The molecule has 1 amide bonds. The minimum atomic E-state index is -1.45. The number of aliphatic hydroxyl groups is 1. The van der Waals surface area contributed by atoms with Gasteiger partial charge in [0.2, 0.25) is 0 Å². The van der Waals surface area contributed by atoms with Crippen LogP contribution in [0.3, 0.4) is 0 Å². The minimum absolute atomic E-state index is 0.0672. The van der Waals surface area contributed by atoms with Crippen LogP contribution in [0.25, 0.3) is 11.1 Å². The Bertz CT molecular complexity index is 1210. The van der Waals surface area contributed by atoms with Crippen molar-refractivity contribution in [2.75, 3.05) is 6.61 Å². The maximum absolute atomic E-state index is 14.2. The van der Waals surface area contributed by atoms with Crippen molar-refractivity contribution in [3.8, 4) is 11.1 Å². The van der Waals surface area contributed by atoms with E-state index in [1.807, 2.05) is 0 Å². The van der Waals surface area contributed by atoms with Gasteiger partial charge < -0.3 is 15.2 Å². The first-order valence-electron chi connectivity index (χ1n) is 10.9. The van der Waals surface area contributed by atoms with Gasteiger partial charge in [-0.2, -0.15) is 5.10 Å². The molecule has 35 heavy (non-hydrogen) atoms. The molecule has 3 aromatic rings. The van der Waals surface area contributed by atoms with Crippen LogP contribution in [-0.4, -0.2) is 51.7 Å². The highest BCUT2D eigenvalue weighted by atomic mass is 35.5. The number of ketones is 1. The number of H-pyrrole nitrogens is 1. The second kappa shape index (κ2) is 11.7. The molecule has 2 atom stereocenters. The van der Waals surface area contributed by atoms with Crippen molar-refractivity contribution in [3.05, 3.63) is 76.3 Å². The molecule has 0 aliphatic rings. The molecule has 3 N–H and O–H groups in total. The molecule has 0 saturated carbocycles. The van der Waals surface area contributed by atoms with Gasteiger partial charge in [0.1, 0.15) is 17.2 Å². The predicted octanol–water partition coefficient (Wildman–Crippen LogP) is 3.73. The first-order valence-corrected chi connectivity index (χ1v) is 11.3. The van der Waals surface area contributed by atoms with E-state index < -0.39 is 29.8 Å². The van der Waals surface area contributed by atoms with Gasteiger partial charge >= 0.3 is 5.97 Å². The molecule has 8 nitrogen and oxygen atoms in total. The molecule has 0 fully saturated rings. The molecule has 3 rings (SSSR count). The number of aromatic amines is 1. The lowest BCUT2D eigenvalue weighted by atomic mass is 9.97. The van der Waals surface area contributed by atoms with Gasteiger partial charge in [-0.25, -0.2) is 9.18 Å². The average Bonchev–Trinajstić information content (AvgIpc) is 3.32. The van der Waals surface area contributed by atoms with Gasteiger partial charge in [-0.1, -0.05) is 35.9 Å². The van der Waals surface area contributed by atoms with Crippen LogP contribution >= 0.6 is 11.6 Å². The highest BCUT2D eigenvalue weighted by Gasteiger charge is 2.25. The summed E-state index contributed by atoms with van der Waals surface area (Å²) in [5, 5.41) is 19.7. The summed E-state index contributed by atoms with van der Waals surface area (Å²) in [7, 11) is 0. The van der Waals surface area contributed by atoms with E-state index in [2.05, 4.69) is 15.5 Å². The van der Waals surface area contributed by atoms with E-state index in [9.17, 15) is 23.9 Å². The molecule has 0 aliphatic heterocycles. The third-order valence-corrected chi connectivity index (χ3v) is 5.50. The Kier molecular flexibility index (Phi) is 8.73. The number of Topliss-reactive ketones (excluding diaryl/α,β-unsaturated/α-hetero) is 1. The number of nitrogens with one attached hydrogen (secondary N) is 2. The standard InChI is InChI=1S/C25H25ClFN3O5/c1-3-35-25(34)23(32)12-18(28-24(33)22-13-21(14(2)31)29-30-22)10-15-4-6-16(7-5-15)19-11-17(26)8-9-20(19)27/h4-9,11,13,18,23,32H,3,10,12H2,1-2H3,(H,28,33)(H,29,30). The van der Waals surface area contributed by atoms with Crippen LogP contribution in [-0.2, 0) is 16.0 Å². The number of rotatable bonds is 10. The molecule has 0 saturated heterocycles. The maximum atomic E-state index is 14.2. The average molecular weight is 502 g/mol. The van der Waals surface area contributed by atoms with Crippen molar-refractivity contribution >= 4 is 29.3 Å². The number of aliphatic hydroxyl groups excluding tert-OH is 1. The largest absolute Gasteiger partial charge is 0.464 e. The number of carbonyl (C=O) groups excluding carboxylic acids is 3. The van der Waals surface area contributed by atoms with Crippen molar-refractivity contribution in [3.63, 3.8) is 0 Å². The Hall–Kier alpha value is -3.56. The maximum Gasteiger partial charge on any atom is 0.335 e. The number of benzene rings is 2. The van der Waals surface area contributed by atoms with Gasteiger partial charge in [0.25, 0.3) is 5.91 Å². The number of ether oxygens (including phenoxy) is 1. The number of nitrogens with zero attached hydrogens (tertiary/aromatic N) is 1. The molecule has 1 heterocycles. The molecule has 1 aromatic heterocycles. The number of carbonyl (C=O) groups is 3. The molecule has 0 bridgehead atoms. The molecule has 0 spiro atoms. The second-order valence-corrected chi connectivity index (χ2v) is 8.36. The van der Waals surface area contributed by atoms with Crippen molar-refractivity contribution in [1.82, 2.24) is 15.5 Å². The number of hydrogen-bond donors (Lipinski definition) is 3. The van der Waals surface area contributed by atoms with Crippen LogP contribution in [0.5, 0.6) is 0 Å². The van der Waals surface area contributed by atoms with Gasteiger partial charge in [-0.05, 0) is 48.7 Å². The van der Waals surface area contributed by atoms with E-state index >= 15 is 0 Å². The Morgan fingerprint density at radius 3 is 2.51 bits per heavy atom. The van der Waals surface area contributed by atoms with E-state index in [1.165, 1.54) is 31.2 Å². The second-order valence-electron chi connectivity index (χ2n) is 7.92. The monoisotopic (exact) mass is 501 g/mol. The predicted molar refractivity (Wildman–Crippen MR) is 128 cm³/mol. The summed E-state index contributed by atoms with van der Waals surface area (Å²) in [6.07, 6.45) is -1.30. The molecule has 0 aliphatic carbocycles. The minimum Gasteiger partial charge on any atom is -0.464 e. The third-order valence-electron chi connectivity index (χ3n) is 5.26. The smallest absolute Gasteiger partial charge is 0.335 e. The van der Waals surface area contributed by atoms with E-state index in [0.717, 1.165) is 5.56 Å². The Morgan fingerprint density at radius 2 is 1.89 bits per heavy atom. The van der Waals surface area contributed by atoms with E-state index in [1.54, 1.807) is 31.2 Å². The zero-order valence-corrected chi connectivity index (χ0v) is 19.9. The fraction of sp³-hybridized carbons (Fsp3) is 0.280. The summed E-state index contributed by atoms with van der Waals surface area (Å²) in [6, 6.07) is 11.9. The van der Waals surface area contributed by atoms with Gasteiger partial charge in [0.05, 0.1) is 6.61 Å². The van der Waals surface area contributed by atoms with E-state index in [0.29, 0.717) is 16.1 Å². The number of aromatic nitrogens is 2. The van der Waals surface area contributed by atoms with Crippen molar-refractivity contribution < 1.29 is 28.6 Å².